The maximum absolute atomic E-state index is 13.3. The number of fused-ring (bicyclic) bond motifs is 3. The number of aromatic nitrogens is 1. The van der Waals surface area contributed by atoms with Gasteiger partial charge < -0.3 is 15.6 Å². The fraction of sp³-hybridized carbons (Fsp3) is 0.286. The lowest BCUT2D eigenvalue weighted by molar-refractivity contribution is -0.137. The number of nitrogens with zero attached hydrogens (tertiary/aromatic N) is 1. The molecule has 0 saturated carbocycles. The van der Waals surface area contributed by atoms with Crippen molar-refractivity contribution in [3.63, 3.8) is 0 Å². The number of halogens is 3. The molecule has 0 spiro atoms. The zero-order chi connectivity index (χ0) is 19.9. The number of rotatable bonds is 3. The molecule has 146 valence electrons. The highest BCUT2D eigenvalue weighted by molar-refractivity contribution is 5.86. The Balaban J connectivity index is 1.88. The minimum Gasteiger partial charge on any atom is -0.356 e. The van der Waals surface area contributed by atoms with Gasteiger partial charge in [-0.15, -0.1) is 0 Å². The average Bonchev–Trinajstić information content (AvgIpc) is 3.05. The maximum atomic E-state index is 13.3. The molecule has 0 saturated heterocycles. The smallest absolute Gasteiger partial charge is 0.356 e. The summed E-state index contributed by atoms with van der Waals surface area (Å²) < 4.78 is 39.8. The number of benzene rings is 2. The Morgan fingerprint density at radius 3 is 2.71 bits per heavy atom. The van der Waals surface area contributed by atoms with Crippen molar-refractivity contribution < 1.29 is 18.0 Å². The van der Waals surface area contributed by atoms with Crippen LogP contribution in [-0.2, 0) is 17.4 Å². The zero-order valence-electron chi connectivity index (χ0n) is 15.1. The second-order valence-electron chi connectivity index (χ2n) is 6.96. The highest BCUT2D eigenvalue weighted by atomic mass is 19.4. The van der Waals surface area contributed by atoms with Crippen molar-refractivity contribution >= 4 is 16.8 Å². The van der Waals surface area contributed by atoms with Gasteiger partial charge in [-0.25, -0.2) is 0 Å². The van der Waals surface area contributed by atoms with E-state index in [1.165, 1.54) is 6.07 Å². The largest absolute Gasteiger partial charge is 0.416 e. The lowest BCUT2D eigenvalue weighted by Crippen LogP contribution is -2.41. The van der Waals surface area contributed by atoms with Crippen molar-refractivity contribution in [1.82, 2.24) is 9.88 Å². The van der Waals surface area contributed by atoms with Gasteiger partial charge >= 0.3 is 6.18 Å². The second kappa shape index (κ2) is 6.98. The van der Waals surface area contributed by atoms with E-state index in [-0.39, 0.29) is 18.9 Å². The van der Waals surface area contributed by atoms with Gasteiger partial charge in [0.05, 0.1) is 11.6 Å². The molecule has 2 aromatic carbocycles. The molecule has 28 heavy (non-hydrogen) atoms. The van der Waals surface area contributed by atoms with E-state index in [1.807, 2.05) is 24.3 Å². The summed E-state index contributed by atoms with van der Waals surface area (Å²) in [6.45, 7) is 0.638. The minimum atomic E-state index is -4.44. The standard InChI is InChI=1S/C21H20F3N3O/c22-21(23,24)14-5-3-4-13(12-14)20-19-16(9-11-27(20)18(28)8-10-25)15-6-1-2-7-17(15)26-19/h1-7,12,20,26H,8-11,25H2. The van der Waals surface area contributed by atoms with Gasteiger partial charge in [0.2, 0.25) is 5.91 Å². The van der Waals surface area contributed by atoms with Crippen LogP contribution in [0.4, 0.5) is 13.2 Å². The molecule has 1 aliphatic rings. The van der Waals surface area contributed by atoms with Crippen LogP contribution in [0.15, 0.2) is 48.5 Å². The topological polar surface area (TPSA) is 62.1 Å². The van der Waals surface area contributed by atoms with E-state index in [0.29, 0.717) is 18.5 Å². The zero-order valence-corrected chi connectivity index (χ0v) is 15.1. The Kier molecular flexibility index (Phi) is 4.63. The molecule has 1 aliphatic heterocycles. The van der Waals surface area contributed by atoms with Gasteiger partial charge in [-0.2, -0.15) is 13.2 Å². The van der Waals surface area contributed by atoms with Crippen LogP contribution in [0.5, 0.6) is 0 Å². The van der Waals surface area contributed by atoms with E-state index >= 15 is 0 Å². The Hall–Kier alpha value is -2.80. The monoisotopic (exact) mass is 387 g/mol. The number of amides is 1. The van der Waals surface area contributed by atoms with Gasteiger partial charge in [-0.1, -0.05) is 30.3 Å². The van der Waals surface area contributed by atoms with Crippen LogP contribution >= 0.6 is 0 Å². The van der Waals surface area contributed by atoms with Gasteiger partial charge in [-0.3, -0.25) is 4.79 Å². The number of carbonyl (C=O) groups is 1. The molecule has 0 radical (unpaired) electrons. The van der Waals surface area contributed by atoms with Crippen LogP contribution in [-0.4, -0.2) is 28.9 Å². The first-order valence-electron chi connectivity index (χ1n) is 9.16. The van der Waals surface area contributed by atoms with Crippen LogP contribution in [0.1, 0.15) is 34.8 Å². The quantitative estimate of drug-likeness (QED) is 0.713. The second-order valence-corrected chi connectivity index (χ2v) is 6.96. The molecule has 0 bridgehead atoms. The molecular formula is C21H20F3N3O. The maximum Gasteiger partial charge on any atom is 0.416 e. The number of aromatic amines is 1. The van der Waals surface area contributed by atoms with Crippen LogP contribution in [0.25, 0.3) is 10.9 Å². The molecule has 1 aromatic heterocycles. The lowest BCUT2D eigenvalue weighted by atomic mass is 9.91. The molecule has 3 N–H and O–H groups in total. The van der Waals surface area contributed by atoms with E-state index in [2.05, 4.69) is 4.98 Å². The van der Waals surface area contributed by atoms with Crippen molar-refractivity contribution in [3.05, 3.63) is 70.9 Å². The summed E-state index contributed by atoms with van der Waals surface area (Å²) >= 11 is 0. The normalized spacial score (nSPS) is 17.0. The van der Waals surface area contributed by atoms with Gasteiger partial charge in [0.25, 0.3) is 0 Å². The molecule has 1 unspecified atom stereocenters. The summed E-state index contributed by atoms with van der Waals surface area (Å²) in [4.78, 5) is 17.7. The number of nitrogens with one attached hydrogen (secondary N) is 1. The molecular weight excluding hydrogens is 367 g/mol. The first-order valence-corrected chi connectivity index (χ1v) is 9.16. The Morgan fingerprint density at radius 2 is 1.96 bits per heavy atom. The number of H-pyrrole nitrogens is 1. The minimum absolute atomic E-state index is 0.158. The SMILES string of the molecule is NCCC(=O)N1CCc2c([nH]c3ccccc23)C1c1cccc(C(F)(F)F)c1. The van der Waals surface area contributed by atoms with Crippen molar-refractivity contribution in [2.45, 2.75) is 25.1 Å². The lowest BCUT2D eigenvalue weighted by Gasteiger charge is -2.36. The predicted octanol–water partition coefficient (Wildman–Crippen LogP) is 4.01. The third-order valence-corrected chi connectivity index (χ3v) is 5.24. The molecule has 1 amide bonds. The molecule has 3 aromatic rings. The third-order valence-electron chi connectivity index (χ3n) is 5.24. The first kappa shape index (κ1) is 18.6. The van der Waals surface area contributed by atoms with Crippen molar-refractivity contribution in [2.24, 2.45) is 5.73 Å². The number of alkyl halides is 3. The Bertz CT molecular complexity index is 1030. The van der Waals surface area contributed by atoms with Crippen molar-refractivity contribution in [1.29, 1.82) is 0 Å². The van der Waals surface area contributed by atoms with Gasteiger partial charge in [-0.05, 0) is 35.7 Å². The van der Waals surface area contributed by atoms with Crippen LogP contribution < -0.4 is 5.73 Å². The molecule has 0 aliphatic carbocycles. The van der Waals surface area contributed by atoms with Gasteiger partial charge in [0.1, 0.15) is 0 Å². The van der Waals surface area contributed by atoms with Crippen molar-refractivity contribution in [3.8, 4) is 0 Å². The average molecular weight is 387 g/mol. The van der Waals surface area contributed by atoms with E-state index in [1.54, 1.807) is 11.0 Å². The fourth-order valence-corrected chi connectivity index (χ4v) is 4.01. The molecule has 4 rings (SSSR count). The molecule has 2 heterocycles. The van der Waals surface area contributed by atoms with Crippen molar-refractivity contribution in [2.75, 3.05) is 13.1 Å². The Morgan fingerprint density at radius 1 is 1.18 bits per heavy atom. The van der Waals surface area contributed by atoms with E-state index in [9.17, 15) is 18.0 Å². The number of carbonyl (C=O) groups excluding carboxylic acids is 1. The highest BCUT2D eigenvalue weighted by Gasteiger charge is 2.36. The summed E-state index contributed by atoms with van der Waals surface area (Å²) in [5.74, 6) is -0.158. The number of hydrogen-bond donors (Lipinski definition) is 2. The summed E-state index contributed by atoms with van der Waals surface area (Å²) in [6.07, 6.45) is -3.64. The van der Waals surface area contributed by atoms with Crippen LogP contribution in [0.3, 0.4) is 0 Å². The summed E-state index contributed by atoms with van der Waals surface area (Å²) in [5.41, 5.74) is 8.01. The van der Waals surface area contributed by atoms with E-state index in [0.717, 1.165) is 34.3 Å². The number of para-hydroxylation sites is 1. The van der Waals surface area contributed by atoms with Gasteiger partial charge in [0.15, 0.2) is 0 Å². The van der Waals surface area contributed by atoms with E-state index < -0.39 is 17.8 Å². The van der Waals surface area contributed by atoms with Crippen LogP contribution in [0, 0.1) is 0 Å². The molecule has 4 nitrogen and oxygen atoms in total. The summed E-state index contributed by atoms with van der Waals surface area (Å²) in [6, 6.07) is 12.4. The summed E-state index contributed by atoms with van der Waals surface area (Å²) in [7, 11) is 0. The van der Waals surface area contributed by atoms with Gasteiger partial charge in [0, 0.05) is 36.1 Å². The fourth-order valence-electron chi connectivity index (χ4n) is 4.01. The van der Waals surface area contributed by atoms with E-state index in [4.69, 9.17) is 5.73 Å². The molecule has 0 fully saturated rings. The molecule has 1 atom stereocenters. The number of nitrogens with two attached hydrogens (primary N) is 1. The Labute approximate surface area is 160 Å². The highest BCUT2D eigenvalue weighted by Crippen LogP contribution is 2.40. The van der Waals surface area contributed by atoms with Crippen LogP contribution in [0.2, 0.25) is 0 Å². The first-order chi connectivity index (χ1) is 13.4. The number of hydrogen-bond acceptors (Lipinski definition) is 2. The summed E-state index contributed by atoms with van der Waals surface area (Å²) in [5, 5.41) is 1.04. The molecule has 7 heteroatoms. The predicted molar refractivity (Wildman–Crippen MR) is 101 cm³/mol. The third kappa shape index (κ3) is 3.16.